The topological polar surface area (TPSA) is 47.4 Å². The molecule has 31 heavy (non-hydrogen) atoms. The van der Waals surface area contributed by atoms with Gasteiger partial charge in [0.05, 0.1) is 18.6 Å². The number of rotatable bonds is 3. The first kappa shape index (κ1) is 19.3. The molecule has 0 saturated carbocycles. The lowest BCUT2D eigenvalue weighted by atomic mass is 9.79. The van der Waals surface area contributed by atoms with E-state index in [9.17, 15) is 4.79 Å². The monoisotopic (exact) mass is 477 g/mol. The molecule has 1 amide bonds. The molecule has 6 rings (SSSR count). The van der Waals surface area contributed by atoms with Crippen molar-refractivity contribution in [2.75, 3.05) is 13.2 Å². The lowest BCUT2D eigenvalue weighted by Crippen LogP contribution is -2.51. The minimum absolute atomic E-state index is 0.194. The van der Waals surface area contributed by atoms with Gasteiger partial charge in [0.15, 0.2) is 0 Å². The van der Waals surface area contributed by atoms with Crippen LogP contribution < -0.4 is 0 Å². The van der Waals surface area contributed by atoms with E-state index < -0.39 is 5.54 Å². The van der Waals surface area contributed by atoms with Crippen molar-refractivity contribution in [3.63, 3.8) is 0 Å². The molecule has 1 aromatic heterocycles. The summed E-state index contributed by atoms with van der Waals surface area (Å²) in [5.74, 6) is 1.12. The van der Waals surface area contributed by atoms with Crippen molar-refractivity contribution in [1.82, 2.24) is 14.5 Å². The van der Waals surface area contributed by atoms with Gasteiger partial charge in [0.1, 0.15) is 11.4 Å². The highest BCUT2D eigenvalue weighted by atomic mass is 79.9. The summed E-state index contributed by atoms with van der Waals surface area (Å²) < 4.78 is 9.14. The molecule has 0 N–H and O–H groups in total. The molecular weight excluding hydrogens is 454 g/mol. The second-order valence-electron chi connectivity index (χ2n) is 8.71. The summed E-state index contributed by atoms with van der Waals surface area (Å²) in [7, 11) is 0. The van der Waals surface area contributed by atoms with Gasteiger partial charge in [0.25, 0.3) is 0 Å². The third-order valence-corrected chi connectivity index (χ3v) is 7.71. The molecule has 2 aromatic carbocycles. The molecule has 6 heteroatoms. The molecule has 3 atom stereocenters. The summed E-state index contributed by atoms with van der Waals surface area (Å²) in [6.07, 6.45) is 7.42. The van der Waals surface area contributed by atoms with Crippen molar-refractivity contribution >= 4 is 21.8 Å². The Morgan fingerprint density at radius 3 is 2.87 bits per heavy atom. The fourth-order valence-electron chi connectivity index (χ4n) is 5.81. The maximum atomic E-state index is 13.9. The Bertz CT molecular complexity index is 1140. The number of aromatic nitrogens is 2. The predicted octanol–water partition coefficient (Wildman–Crippen LogP) is 4.59. The first-order valence-corrected chi connectivity index (χ1v) is 11.8. The van der Waals surface area contributed by atoms with Crippen molar-refractivity contribution in [3.05, 3.63) is 76.5 Å². The first-order chi connectivity index (χ1) is 15.2. The van der Waals surface area contributed by atoms with E-state index in [2.05, 4.69) is 72.8 Å². The number of hydrogen-bond acceptors (Lipinski definition) is 3. The van der Waals surface area contributed by atoms with E-state index in [1.54, 1.807) is 0 Å². The van der Waals surface area contributed by atoms with E-state index in [-0.39, 0.29) is 18.1 Å². The van der Waals surface area contributed by atoms with Crippen LogP contribution in [-0.4, -0.2) is 45.7 Å². The maximum absolute atomic E-state index is 13.9. The highest BCUT2D eigenvalue weighted by Gasteiger charge is 2.48. The number of amides is 1. The summed E-state index contributed by atoms with van der Waals surface area (Å²) in [4.78, 5) is 20.7. The summed E-state index contributed by atoms with van der Waals surface area (Å²) in [5.41, 5.74) is 2.74. The van der Waals surface area contributed by atoms with Gasteiger partial charge >= 0.3 is 0 Å². The van der Waals surface area contributed by atoms with E-state index in [1.165, 1.54) is 0 Å². The predicted molar refractivity (Wildman–Crippen MR) is 122 cm³/mol. The van der Waals surface area contributed by atoms with E-state index >= 15 is 0 Å². The zero-order valence-electron chi connectivity index (χ0n) is 17.2. The molecule has 5 nitrogen and oxygen atoms in total. The molecule has 0 bridgehead atoms. The number of likely N-dealkylation sites (tertiary alicyclic amines) is 1. The fourth-order valence-corrected chi connectivity index (χ4v) is 6.07. The van der Waals surface area contributed by atoms with Crippen LogP contribution in [0.2, 0.25) is 0 Å². The Morgan fingerprint density at radius 1 is 1.16 bits per heavy atom. The van der Waals surface area contributed by atoms with Crippen molar-refractivity contribution in [3.8, 4) is 11.4 Å². The molecule has 0 radical (unpaired) electrons. The van der Waals surface area contributed by atoms with Crippen LogP contribution in [0.25, 0.3) is 11.4 Å². The number of piperidine rings is 1. The number of imidazole rings is 1. The summed E-state index contributed by atoms with van der Waals surface area (Å²) in [6.45, 7) is 1.57. The van der Waals surface area contributed by atoms with Crippen LogP contribution in [0.3, 0.4) is 0 Å². The molecule has 0 spiro atoms. The number of benzene rings is 2. The van der Waals surface area contributed by atoms with Crippen molar-refractivity contribution in [2.45, 2.75) is 43.4 Å². The number of fused-ring (bicyclic) bond motifs is 4. The zero-order chi connectivity index (χ0) is 21.0. The lowest BCUT2D eigenvalue weighted by Gasteiger charge is -2.40. The standard InChI is InChI=1S/C25H24BrN3O2/c26-18-9-7-17(8-10-18)25(16-23(30)28-13-3-6-22-21(28)11-15-31-22)20-5-2-1-4-19(20)24-27-12-14-29(24)25/h1-2,4-5,7-10,12,14,21-22H,3,6,11,13,15-16H2. The van der Waals surface area contributed by atoms with Crippen LogP contribution in [0.5, 0.6) is 0 Å². The molecule has 158 valence electrons. The molecule has 0 aliphatic carbocycles. The average Bonchev–Trinajstić information content (AvgIpc) is 3.51. The maximum Gasteiger partial charge on any atom is 0.226 e. The third-order valence-electron chi connectivity index (χ3n) is 7.18. The Kier molecular flexibility index (Phi) is 4.54. The van der Waals surface area contributed by atoms with Crippen molar-refractivity contribution in [1.29, 1.82) is 0 Å². The molecule has 3 aliphatic heterocycles. The number of ether oxygens (including phenoxy) is 1. The van der Waals surface area contributed by atoms with Gasteiger partial charge in [-0.15, -0.1) is 0 Å². The van der Waals surface area contributed by atoms with Gasteiger partial charge in [0, 0.05) is 35.6 Å². The van der Waals surface area contributed by atoms with Gasteiger partial charge in [-0.05, 0) is 42.5 Å². The molecule has 2 fully saturated rings. The Labute approximate surface area is 190 Å². The smallest absolute Gasteiger partial charge is 0.226 e. The zero-order valence-corrected chi connectivity index (χ0v) is 18.8. The number of halogens is 1. The van der Waals surface area contributed by atoms with Gasteiger partial charge in [-0.1, -0.05) is 52.3 Å². The van der Waals surface area contributed by atoms with Gasteiger partial charge in [0.2, 0.25) is 5.91 Å². The summed E-state index contributed by atoms with van der Waals surface area (Å²) in [6, 6.07) is 16.9. The third kappa shape index (κ3) is 2.84. The Balaban J connectivity index is 1.49. The van der Waals surface area contributed by atoms with Crippen LogP contribution in [-0.2, 0) is 15.1 Å². The minimum atomic E-state index is -0.605. The molecule has 3 unspecified atom stereocenters. The second kappa shape index (κ2) is 7.31. The van der Waals surface area contributed by atoms with E-state index in [0.29, 0.717) is 6.42 Å². The molecule has 3 aromatic rings. The van der Waals surface area contributed by atoms with Crippen molar-refractivity contribution in [2.24, 2.45) is 0 Å². The summed E-state index contributed by atoms with van der Waals surface area (Å²) in [5, 5.41) is 0. The van der Waals surface area contributed by atoms with Crippen LogP contribution in [0, 0.1) is 0 Å². The van der Waals surface area contributed by atoms with Gasteiger partial charge in [-0.25, -0.2) is 4.98 Å². The van der Waals surface area contributed by atoms with Crippen LogP contribution in [0.1, 0.15) is 36.8 Å². The number of hydrogen-bond donors (Lipinski definition) is 0. The van der Waals surface area contributed by atoms with Crippen LogP contribution in [0.15, 0.2) is 65.4 Å². The molecule has 3 aliphatic rings. The van der Waals surface area contributed by atoms with E-state index in [1.807, 2.05) is 18.5 Å². The fraction of sp³-hybridized carbons (Fsp3) is 0.360. The van der Waals surface area contributed by atoms with Crippen LogP contribution >= 0.6 is 15.9 Å². The largest absolute Gasteiger partial charge is 0.376 e. The Hall–Kier alpha value is -2.44. The normalized spacial score (nSPS) is 26.4. The lowest BCUT2D eigenvalue weighted by molar-refractivity contribution is -0.138. The van der Waals surface area contributed by atoms with E-state index in [0.717, 1.165) is 59.4 Å². The Morgan fingerprint density at radius 2 is 2.00 bits per heavy atom. The number of nitrogens with zero attached hydrogens (tertiary/aromatic N) is 3. The quantitative estimate of drug-likeness (QED) is 0.554. The molecule has 4 heterocycles. The van der Waals surface area contributed by atoms with Gasteiger partial charge < -0.3 is 14.2 Å². The summed E-state index contributed by atoms with van der Waals surface area (Å²) >= 11 is 3.56. The molecule has 2 saturated heterocycles. The van der Waals surface area contributed by atoms with Crippen molar-refractivity contribution < 1.29 is 9.53 Å². The van der Waals surface area contributed by atoms with Gasteiger partial charge in [-0.2, -0.15) is 0 Å². The highest BCUT2D eigenvalue weighted by molar-refractivity contribution is 9.10. The SMILES string of the molecule is O=C(CC1(c2ccc(Br)cc2)c2ccccc2-c2nccn21)N1CCCC2OCCC21. The van der Waals surface area contributed by atoms with E-state index in [4.69, 9.17) is 4.74 Å². The average molecular weight is 478 g/mol. The molecular formula is C25H24BrN3O2. The number of carbonyl (C=O) groups is 1. The van der Waals surface area contributed by atoms with Crippen LogP contribution in [0.4, 0.5) is 0 Å². The number of carbonyl (C=O) groups excluding carboxylic acids is 1. The van der Waals surface area contributed by atoms with Gasteiger partial charge in [-0.3, -0.25) is 4.79 Å². The first-order valence-electron chi connectivity index (χ1n) is 11.0. The highest BCUT2D eigenvalue weighted by Crippen LogP contribution is 2.49. The minimum Gasteiger partial charge on any atom is -0.376 e. The second-order valence-corrected chi connectivity index (χ2v) is 9.62.